The average Bonchev–Trinajstić information content (AvgIpc) is 2.84. The van der Waals surface area contributed by atoms with Crippen LogP contribution in [-0.2, 0) is 9.53 Å². The first-order valence-electron chi connectivity index (χ1n) is 7.36. The zero-order chi connectivity index (χ0) is 14.7. The molecule has 1 heterocycles. The van der Waals surface area contributed by atoms with Gasteiger partial charge in [0.1, 0.15) is 0 Å². The lowest BCUT2D eigenvalue weighted by atomic mass is 9.86. The van der Waals surface area contributed by atoms with Gasteiger partial charge in [0.25, 0.3) is 0 Å². The molecule has 6 heteroatoms. The summed E-state index contributed by atoms with van der Waals surface area (Å²) in [6.07, 6.45) is 3.88. The second kappa shape index (κ2) is 6.43. The number of aliphatic carboxylic acids is 1. The number of nitrogens with one attached hydrogen (secondary N) is 1. The Hall–Kier alpha value is -1.30. The number of nitrogens with zero attached hydrogens (tertiary/aromatic N) is 1. The van der Waals surface area contributed by atoms with Gasteiger partial charge in [0, 0.05) is 19.7 Å². The summed E-state index contributed by atoms with van der Waals surface area (Å²) in [5, 5.41) is 12.0. The molecule has 2 N–H and O–H groups in total. The fourth-order valence-electron chi connectivity index (χ4n) is 3.20. The van der Waals surface area contributed by atoms with Crippen molar-refractivity contribution in [3.05, 3.63) is 0 Å². The number of amides is 2. The van der Waals surface area contributed by atoms with Gasteiger partial charge in [-0.25, -0.2) is 4.79 Å². The van der Waals surface area contributed by atoms with Crippen LogP contribution in [0.2, 0.25) is 0 Å². The fraction of sp³-hybridized carbons (Fsp3) is 0.857. The number of ether oxygens (including phenoxy) is 1. The van der Waals surface area contributed by atoms with Crippen LogP contribution in [0.1, 0.15) is 39.0 Å². The van der Waals surface area contributed by atoms with Gasteiger partial charge in [-0.3, -0.25) is 4.79 Å². The maximum atomic E-state index is 12.2. The van der Waals surface area contributed by atoms with Crippen molar-refractivity contribution in [3.8, 4) is 0 Å². The molecular weight excluding hydrogens is 260 g/mol. The monoisotopic (exact) mass is 284 g/mol. The molecule has 2 aliphatic rings. The van der Waals surface area contributed by atoms with Crippen molar-refractivity contribution >= 4 is 12.0 Å². The third-order valence-electron chi connectivity index (χ3n) is 4.51. The molecule has 2 fully saturated rings. The summed E-state index contributed by atoms with van der Waals surface area (Å²) in [4.78, 5) is 25.0. The summed E-state index contributed by atoms with van der Waals surface area (Å²) >= 11 is 0. The van der Waals surface area contributed by atoms with Crippen LogP contribution in [0.25, 0.3) is 0 Å². The first kappa shape index (κ1) is 15.1. The predicted molar refractivity (Wildman–Crippen MR) is 73.5 cm³/mol. The lowest BCUT2D eigenvalue weighted by Gasteiger charge is -2.32. The Balaban J connectivity index is 1.85. The number of hydrogen-bond acceptors (Lipinski definition) is 3. The molecule has 114 valence electrons. The molecule has 0 bridgehead atoms. The van der Waals surface area contributed by atoms with Gasteiger partial charge in [0.05, 0.1) is 18.1 Å². The molecule has 4 unspecified atom stereocenters. The van der Waals surface area contributed by atoms with Gasteiger partial charge in [0.15, 0.2) is 0 Å². The SMILES string of the molecule is CC1OCCC1N(C)C(=O)NC1CCCC(C(=O)O)C1. The molecule has 4 atom stereocenters. The number of carbonyl (C=O) groups excluding carboxylic acids is 1. The van der Waals surface area contributed by atoms with E-state index in [4.69, 9.17) is 9.84 Å². The first-order chi connectivity index (χ1) is 9.49. The van der Waals surface area contributed by atoms with Crippen molar-refractivity contribution < 1.29 is 19.4 Å². The number of carboxylic acid groups (broad SMARTS) is 1. The Labute approximate surface area is 119 Å². The van der Waals surface area contributed by atoms with Crippen molar-refractivity contribution in [1.82, 2.24) is 10.2 Å². The third kappa shape index (κ3) is 3.42. The predicted octanol–water partition coefficient (Wildman–Crippen LogP) is 1.45. The van der Waals surface area contributed by atoms with Crippen LogP contribution in [0.5, 0.6) is 0 Å². The van der Waals surface area contributed by atoms with Gasteiger partial charge >= 0.3 is 12.0 Å². The van der Waals surface area contributed by atoms with Crippen LogP contribution in [0.3, 0.4) is 0 Å². The van der Waals surface area contributed by atoms with Gasteiger partial charge in [-0.1, -0.05) is 6.42 Å². The molecule has 0 spiro atoms. The molecule has 0 aromatic rings. The van der Waals surface area contributed by atoms with E-state index in [2.05, 4.69) is 5.32 Å². The van der Waals surface area contributed by atoms with E-state index in [-0.39, 0.29) is 30.1 Å². The van der Waals surface area contributed by atoms with E-state index in [0.717, 1.165) is 19.3 Å². The van der Waals surface area contributed by atoms with Crippen molar-refractivity contribution in [2.75, 3.05) is 13.7 Å². The summed E-state index contributed by atoms with van der Waals surface area (Å²) in [6, 6.07) is -0.0466. The minimum absolute atomic E-state index is 0.0302. The molecule has 6 nitrogen and oxygen atoms in total. The largest absolute Gasteiger partial charge is 0.481 e. The molecule has 2 rings (SSSR count). The average molecular weight is 284 g/mol. The van der Waals surface area contributed by atoms with Crippen molar-refractivity contribution in [2.24, 2.45) is 5.92 Å². The highest BCUT2D eigenvalue weighted by atomic mass is 16.5. The van der Waals surface area contributed by atoms with E-state index in [9.17, 15) is 9.59 Å². The highest BCUT2D eigenvalue weighted by molar-refractivity contribution is 5.75. The molecule has 0 aromatic carbocycles. The maximum Gasteiger partial charge on any atom is 0.317 e. The lowest BCUT2D eigenvalue weighted by molar-refractivity contribution is -0.143. The normalized spacial score (nSPS) is 33.7. The van der Waals surface area contributed by atoms with E-state index in [1.807, 2.05) is 6.92 Å². The van der Waals surface area contributed by atoms with E-state index in [1.165, 1.54) is 0 Å². The molecule has 20 heavy (non-hydrogen) atoms. The number of hydrogen-bond donors (Lipinski definition) is 2. The minimum atomic E-state index is -0.755. The highest BCUT2D eigenvalue weighted by Gasteiger charge is 2.33. The second-order valence-electron chi connectivity index (χ2n) is 5.89. The van der Waals surface area contributed by atoms with Crippen LogP contribution in [0.15, 0.2) is 0 Å². The van der Waals surface area contributed by atoms with Gasteiger partial charge in [-0.05, 0) is 32.6 Å². The number of carboxylic acids is 1. The van der Waals surface area contributed by atoms with E-state index in [1.54, 1.807) is 11.9 Å². The number of urea groups is 1. The molecule has 0 radical (unpaired) electrons. The van der Waals surface area contributed by atoms with Crippen LogP contribution < -0.4 is 5.32 Å². The van der Waals surface area contributed by atoms with E-state index < -0.39 is 5.97 Å². The smallest absolute Gasteiger partial charge is 0.317 e. The van der Waals surface area contributed by atoms with Crippen molar-refractivity contribution in [3.63, 3.8) is 0 Å². The maximum absolute atomic E-state index is 12.2. The molecule has 1 saturated heterocycles. The Morgan fingerprint density at radius 2 is 2.05 bits per heavy atom. The van der Waals surface area contributed by atoms with Gasteiger partial charge < -0.3 is 20.1 Å². The summed E-state index contributed by atoms with van der Waals surface area (Å²) in [7, 11) is 1.78. The summed E-state index contributed by atoms with van der Waals surface area (Å²) in [5.74, 6) is -1.08. The minimum Gasteiger partial charge on any atom is -0.481 e. The van der Waals surface area contributed by atoms with Crippen LogP contribution in [0, 0.1) is 5.92 Å². The van der Waals surface area contributed by atoms with Gasteiger partial charge in [-0.15, -0.1) is 0 Å². The zero-order valence-electron chi connectivity index (χ0n) is 12.2. The second-order valence-corrected chi connectivity index (χ2v) is 5.89. The van der Waals surface area contributed by atoms with E-state index in [0.29, 0.717) is 19.4 Å². The van der Waals surface area contributed by atoms with Crippen molar-refractivity contribution in [1.29, 1.82) is 0 Å². The number of likely N-dealkylation sites (N-methyl/N-ethyl adjacent to an activating group) is 1. The zero-order valence-corrected chi connectivity index (χ0v) is 12.2. The topological polar surface area (TPSA) is 78.9 Å². The van der Waals surface area contributed by atoms with Crippen LogP contribution >= 0.6 is 0 Å². The summed E-state index contributed by atoms with van der Waals surface area (Å²) in [5.41, 5.74) is 0. The molecule has 0 aromatic heterocycles. The molecule has 1 saturated carbocycles. The molecule has 2 amide bonds. The van der Waals surface area contributed by atoms with Gasteiger partial charge in [-0.2, -0.15) is 0 Å². The Bertz CT molecular complexity index is 374. The standard InChI is InChI=1S/C14H24N2O4/c1-9-12(6-7-20-9)16(2)14(19)15-11-5-3-4-10(8-11)13(17)18/h9-12H,3-8H2,1-2H3,(H,15,19)(H,17,18). The molecule has 1 aliphatic carbocycles. The fourth-order valence-corrected chi connectivity index (χ4v) is 3.20. The number of carbonyl (C=O) groups is 2. The van der Waals surface area contributed by atoms with Crippen molar-refractivity contribution in [2.45, 2.75) is 57.2 Å². The quantitative estimate of drug-likeness (QED) is 0.822. The lowest BCUT2D eigenvalue weighted by Crippen LogP contribution is -2.50. The molecule has 1 aliphatic heterocycles. The van der Waals surface area contributed by atoms with Crippen LogP contribution in [-0.4, -0.2) is 53.8 Å². The van der Waals surface area contributed by atoms with Crippen LogP contribution in [0.4, 0.5) is 4.79 Å². The Morgan fingerprint density at radius 1 is 1.30 bits per heavy atom. The van der Waals surface area contributed by atoms with E-state index >= 15 is 0 Å². The first-order valence-corrected chi connectivity index (χ1v) is 7.36. The number of rotatable bonds is 3. The van der Waals surface area contributed by atoms with Gasteiger partial charge in [0.2, 0.25) is 0 Å². The summed E-state index contributed by atoms with van der Waals surface area (Å²) in [6.45, 7) is 2.66. The highest BCUT2D eigenvalue weighted by Crippen LogP contribution is 2.25. The third-order valence-corrected chi connectivity index (χ3v) is 4.51. The Morgan fingerprint density at radius 3 is 2.65 bits per heavy atom. The summed E-state index contributed by atoms with van der Waals surface area (Å²) < 4.78 is 5.48. The Kier molecular flexibility index (Phi) is 4.86. The molecular formula is C14H24N2O4.